The van der Waals surface area contributed by atoms with Crippen molar-refractivity contribution >= 4 is 33.0 Å². The Bertz CT molecular complexity index is 868. The number of hydrogen-bond acceptors (Lipinski definition) is 4. The Kier molecular flexibility index (Phi) is 7.32. The first-order valence-electron chi connectivity index (χ1n) is 8.50. The molecule has 27 heavy (non-hydrogen) atoms. The highest BCUT2D eigenvalue weighted by Gasteiger charge is 2.18. The number of anilines is 1. The smallest absolute Gasteiger partial charge is 0.242 e. The molecular weight excluding hydrogens is 380 g/mol. The second-order valence-corrected chi connectivity index (χ2v) is 9.10. The van der Waals surface area contributed by atoms with Gasteiger partial charge < -0.3 is 15.5 Å². The zero-order valence-corrected chi connectivity index (χ0v) is 17.6. The van der Waals surface area contributed by atoms with Crippen LogP contribution in [-0.4, -0.2) is 57.5 Å². The van der Waals surface area contributed by atoms with Gasteiger partial charge in [-0.2, -0.15) is 0 Å². The molecule has 0 aliphatic carbocycles. The predicted octanol–water partition coefficient (Wildman–Crippen LogP) is 2.53. The highest BCUT2D eigenvalue weighted by molar-refractivity contribution is 7.89. The quantitative estimate of drug-likeness (QED) is 0.689. The molecule has 2 N–H and O–H groups in total. The van der Waals surface area contributed by atoms with Gasteiger partial charge in [0.25, 0.3) is 0 Å². The molecule has 0 spiro atoms. The summed E-state index contributed by atoms with van der Waals surface area (Å²) in [5.41, 5.74) is 1.81. The van der Waals surface area contributed by atoms with Crippen molar-refractivity contribution in [1.82, 2.24) is 14.5 Å². The van der Waals surface area contributed by atoms with E-state index < -0.39 is 10.0 Å². The van der Waals surface area contributed by atoms with Crippen LogP contribution in [0.2, 0.25) is 0 Å². The fraction of sp³-hybridized carbons (Fsp3) is 0.316. The normalized spacial score (nSPS) is 12.8. The zero-order valence-electron chi connectivity index (χ0n) is 16.0. The van der Waals surface area contributed by atoms with Crippen LogP contribution < -0.4 is 10.6 Å². The molecule has 2 rings (SSSR count). The van der Waals surface area contributed by atoms with Gasteiger partial charge in [-0.15, -0.1) is 0 Å². The van der Waals surface area contributed by atoms with E-state index in [1.165, 1.54) is 24.0 Å². The first-order chi connectivity index (χ1) is 12.7. The van der Waals surface area contributed by atoms with Crippen molar-refractivity contribution in [3.63, 3.8) is 0 Å². The van der Waals surface area contributed by atoms with Crippen LogP contribution in [0.25, 0.3) is 0 Å². The minimum Gasteiger partial charge on any atom is -0.361 e. The van der Waals surface area contributed by atoms with E-state index in [0.29, 0.717) is 17.3 Å². The molecule has 0 radical (unpaired) electrons. The Labute approximate surface area is 167 Å². The average Bonchev–Trinajstić information content (AvgIpc) is 2.62. The molecule has 2 aromatic rings. The van der Waals surface area contributed by atoms with Crippen molar-refractivity contribution in [2.75, 3.05) is 40.1 Å². The molecule has 146 valence electrons. The van der Waals surface area contributed by atoms with Gasteiger partial charge in [-0.1, -0.05) is 36.4 Å². The molecule has 0 aliphatic heterocycles. The highest BCUT2D eigenvalue weighted by Crippen LogP contribution is 2.19. The molecule has 0 aromatic heterocycles. The van der Waals surface area contributed by atoms with Crippen LogP contribution in [0.1, 0.15) is 11.6 Å². The van der Waals surface area contributed by atoms with E-state index in [4.69, 9.17) is 12.2 Å². The lowest BCUT2D eigenvalue weighted by atomic mass is 10.1. The topological polar surface area (TPSA) is 64.7 Å². The van der Waals surface area contributed by atoms with Gasteiger partial charge in [0.1, 0.15) is 0 Å². The Morgan fingerprint density at radius 1 is 1.04 bits per heavy atom. The number of rotatable bonds is 7. The third kappa shape index (κ3) is 5.74. The Morgan fingerprint density at radius 2 is 1.70 bits per heavy atom. The second-order valence-electron chi connectivity index (χ2n) is 6.54. The number of thiocarbonyl (C=S) groups is 1. The van der Waals surface area contributed by atoms with Gasteiger partial charge in [-0.25, -0.2) is 12.7 Å². The summed E-state index contributed by atoms with van der Waals surface area (Å²) in [4.78, 5) is 2.34. The summed E-state index contributed by atoms with van der Waals surface area (Å²) in [6.07, 6.45) is 0. The first-order valence-corrected chi connectivity index (χ1v) is 10.4. The van der Waals surface area contributed by atoms with Gasteiger partial charge in [-0.3, -0.25) is 0 Å². The molecule has 0 saturated heterocycles. The lowest BCUT2D eigenvalue weighted by Gasteiger charge is -2.25. The molecule has 2 aromatic carbocycles. The van der Waals surface area contributed by atoms with E-state index in [-0.39, 0.29) is 10.9 Å². The van der Waals surface area contributed by atoms with Crippen LogP contribution >= 0.6 is 12.2 Å². The maximum Gasteiger partial charge on any atom is 0.242 e. The largest absolute Gasteiger partial charge is 0.361 e. The maximum absolute atomic E-state index is 12.3. The van der Waals surface area contributed by atoms with Crippen molar-refractivity contribution in [2.45, 2.75) is 10.9 Å². The van der Waals surface area contributed by atoms with E-state index in [2.05, 4.69) is 27.7 Å². The molecule has 1 atom stereocenters. The molecular formula is C19H26N4O2S2. The van der Waals surface area contributed by atoms with E-state index in [1.54, 1.807) is 24.3 Å². The van der Waals surface area contributed by atoms with Gasteiger partial charge in [-0.05, 0) is 50.1 Å². The van der Waals surface area contributed by atoms with Crippen molar-refractivity contribution < 1.29 is 8.42 Å². The van der Waals surface area contributed by atoms with E-state index >= 15 is 0 Å². The van der Waals surface area contributed by atoms with Crippen LogP contribution in [-0.2, 0) is 10.0 Å². The predicted molar refractivity (Wildman–Crippen MR) is 114 cm³/mol. The van der Waals surface area contributed by atoms with Crippen LogP contribution in [0.5, 0.6) is 0 Å². The fourth-order valence-electron chi connectivity index (χ4n) is 2.58. The van der Waals surface area contributed by atoms with Crippen LogP contribution in [0, 0.1) is 0 Å². The second kappa shape index (κ2) is 9.27. The van der Waals surface area contributed by atoms with Crippen molar-refractivity contribution in [2.24, 2.45) is 0 Å². The summed E-state index contributed by atoms with van der Waals surface area (Å²) in [5, 5.41) is 6.71. The SMILES string of the molecule is CN(C)[C@H](CNC(=S)Nc1cccc(S(=O)(=O)N(C)C)c1)c1ccccc1. The number of hydrogen-bond donors (Lipinski definition) is 2. The highest BCUT2D eigenvalue weighted by atomic mass is 32.2. The summed E-state index contributed by atoms with van der Waals surface area (Å²) in [5.74, 6) is 0. The molecule has 8 heteroatoms. The molecule has 0 aliphatic rings. The van der Waals surface area contributed by atoms with Crippen molar-refractivity contribution in [3.8, 4) is 0 Å². The summed E-state index contributed by atoms with van der Waals surface area (Å²) in [7, 11) is 3.57. The Balaban J connectivity index is 2.03. The zero-order chi connectivity index (χ0) is 20.0. The number of sulfonamides is 1. The fourth-order valence-corrected chi connectivity index (χ4v) is 3.73. The monoisotopic (exact) mass is 406 g/mol. The van der Waals surface area contributed by atoms with Crippen molar-refractivity contribution in [1.29, 1.82) is 0 Å². The third-order valence-electron chi connectivity index (χ3n) is 4.13. The standard InChI is InChI=1S/C19H26N4O2S2/c1-22(2)18(15-9-6-5-7-10-15)14-20-19(26)21-16-11-8-12-17(13-16)27(24,25)23(3)4/h5-13,18H,14H2,1-4H3,(H2,20,21,26)/t18-/m1/s1. The Hall–Kier alpha value is -2.00. The minimum absolute atomic E-state index is 0.159. The summed E-state index contributed by atoms with van der Waals surface area (Å²) in [6.45, 7) is 0.624. The number of nitrogens with zero attached hydrogens (tertiary/aromatic N) is 2. The van der Waals surface area contributed by atoms with Crippen LogP contribution in [0.15, 0.2) is 59.5 Å². The molecule has 0 fully saturated rings. The lowest BCUT2D eigenvalue weighted by molar-refractivity contribution is 0.299. The first kappa shape index (κ1) is 21.3. The maximum atomic E-state index is 12.3. The average molecular weight is 407 g/mol. The van der Waals surface area contributed by atoms with E-state index in [1.807, 2.05) is 32.3 Å². The van der Waals surface area contributed by atoms with Gasteiger partial charge in [0.2, 0.25) is 10.0 Å². The summed E-state index contributed by atoms with van der Waals surface area (Å²) >= 11 is 5.38. The number of benzene rings is 2. The molecule has 0 bridgehead atoms. The lowest BCUT2D eigenvalue weighted by Crippen LogP contribution is -2.36. The summed E-state index contributed by atoms with van der Waals surface area (Å²) < 4.78 is 25.7. The van der Waals surface area contributed by atoms with Gasteiger partial charge in [0.15, 0.2) is 5.11 Å². The molecule has 0 heterocycles. The molecule has 6 nitrogen and oxygen atoms in total. The molecule has 0 saturated carbocycles. The molecule has 0 amide bonds. The van der Waals surface area contributed by atoms with Gasteiger partial charge in [0, 0.05) is 26.3 Å². The van der Waals surface area contributed by atoms with Crippen LogP contribution in [0.4, 0.5) is 5.69 Å². The third-order valence-corrected chi connectivity index (χ3v) is 6.19. The van der Waals surface area contributed by atoms with Gasteiger partial charge >= 0.3 is 0 Å². The molecule has 0 unspecified atom stereocenters. The van der Waals surface area contributed by atoms with Gasteiger partial charge in [0.05, 0.1) is 10.9 Å². The number of likely N-dealkylation sites (N-methyl/N-ethyl adjacent to an activating group) is 1. The minimum atomic E-state index is -3.49. The van der Waals surface area contributed by atoms with E-state index in [9.17, 15) is 8.42 Å². The summed E-state index contributed by atoms with van der Waals surface area (Å²) in [6, 6.07) is 16.9. The van der Waals surface area contributed by atoms with E-state index in [0.717, 1.165) is 0 Å². The number of nitrogens with one attached hydrogen (secondary N) is 2. The Morgan fingerprint density at radius 3 is 2.30 bits per heavy atom. The van der Waals surface area contributed by atoms with Crippen molar-refractivity contribution in [3.05, 3.63) is 60.2 Å². The van der Waals surface area contributed by atoms with Crippen LogP contribution in [0.3, 0.4) is 0 Å².